The summed E-state index contributed by atoms with van der Waals surface area (Å²) in [5.41, 5.74) is 7.58. The maximum Gasteiger partial charge on any atom is 0.253 e. The van der Waals surface area contributed by atoms with Gasteiger partial charge >= 0.3 is 0 Å². The van der Waals surface area contributed by atoms with E-state index in [4.69, 9.17) is 5.73 Å². The molecule has 0 radical (unpaired) electrons. The Hall–Kier alpha value is -2.04. The monoisotopic (exact) mass is 263 g/mol. The maximum absolute atomic E-state index is 12.0. The molecule has 4 N–H and O–H groups in total. The van der Waals surface area contributed by atoms with E-state index in [0.29, 0.717) is 24.9 Å². The zero-order valence-corrected chi connectivity index (χ0v) is 11.5. The molecule has 19 heavy (non-hydrogen) atoms. The van der Waals surface area contributed by atoms with Crippen LogP contribution in [0.25, 0.3) is 0 Å². The summed E-state index contributed by atoms with van der Waals surface area (Å²) in [6.07, 6.45) is 1.81. The van der Waals surface area contributed by atoms with E-state index in [1.165, 1.54) is 0 Å². The first-order valence-electron chi connectivity index (χ1n) is 6.39. The minimum Gasteiger partial charge on any atom is -0.387 e. The number of carbonyl (C=O) groups is 2. The standard InChI is InChI=1S/C14H21N3O2/c1-10-6-7-11(12(9-10)16-2)14(19)17-8-4-3-5-13(15)18/h6-7,9,16H,3-5,8H2,1-2H3,(H2,15,18)(H,17,19). The zero-order chi connectivity index (χ0) is 14.3. The molecule has 0 fully saturated rings. The SMILES string of the molecule is CNc1cc(C)ccc1C(=O)NCCCCC(N)=O. The number of aryl methyl sites for hydroxylation is 1. The Kier molecular flexibility index (Phi) is 5.85. The van der Waals surface area contributed by atoms with Gasteiger partial charge in [-0.3, -0.25) is 9.59 Å². The van der Waals surface area contributed by atoms with Crippen LogP contribution >= 0.6 is 0 Å². The molecule has 0 aromatic heterocycles. The minimum atomic E-state index is -0.303. The molecular formula is C14H21N3O2. The van der Waals surface area contributed by atoms with Crippen molar-refractivity contribution in [2.75, 3.05) is 18.9 Å². The summed E-state index contributed by atoms with van der Waals surface area (Å²) < 4.78 is 0. The van der Waals surface area contributed by atoms with E-state index in [9.17, 15) is 9.59 Å². The van der Waals surface area contributed by atoms with Gasteiger partial charge in [-0.15, -0.1) is 0 Å². The van der Waals surface area contributed by atoms with E-state index in [1.54, 1.807) is 13.1 Å². The topological polar surface area (TPSA) is 84.2 Å². The summed E-state index contributed by atoms with van der Waals surface area (Å²) in [7, 11) is 1.79. The largest absolute Gasteiger partial charge is 0.387 e. The van der Waals surface area contributed by atoms with Crippen LogP contribution in [0.3, 0.4) is 0 Å². The fraction of sp³-hybridized carbons (Fsp3) is 0.429. The molecule has 0 unspecified atom stereocenters. The molecule has 1 aromatic rings. The van der Waals surface area contributed by atoms with Crippen molar-refractivity contribution in [1.82, 2.24) is 5.32 Å². The number of anilines is 1. The molecule has 1 aromatic carbocycles. The van der Waals surface area contributed by atoms with E-state index in [0.717, 1.165) is 17.7 Å². The van der Waals surface area contributed by atoms with Gasteiger partial charge < -0.3 is 16.4 Å². The number of unbranched alkanes of at least 4 members (excludes halogenated alkanes) is 1. The summed E-state index contributed by atoms with van der Waals surface area (Å²) >= 11 is 0. The van der Waals surface area contributed by atoms with Gasteiger partial charge in [-0.1, -0.05) is 6.07 Å². The van der Waals surface area contributed by atoms with Crippen LogP contribution in [-0.2, 0) is 4.79 Å². The highest BCUT2D eigenvalue weighted by Crippen LogP contribution is 2.16. The van der Waals surface area contributed by atoms with Crippen LogP contribution in [-0.4, -0.2) is 25.4 Å². The average molecular weight is 263 g/mol. The van der Waals surface area contributed by atoms with Gasteiger partial charge in [0.25, 0.3) is 5.91 Å². The molecule has 0 spiro atoms. The van der Waals surface area contributed by atoms with Crippen molar-refractivity contribution in [2.24, 2.45) is 5.73 Å². The van der Waals surface area contributed by atoms with Gasteiger partial charge in [0.15, 0.2) is 0 Å². The molecule has 104 valence electrons. The fourth-order valence-electron chi connectivity index (χ4n) is 1.78. The number of nitrogens with two attached hydrogens (primary N) is 1. The molecule has 1 rings (SSSR count). The average Bonchev–Trinajstić information content (AvgIpc) is 2.37. The second-order valence-electron chi connectivity index (χ2n) is 4.48. The summed E-state index contributed by atoms with van der Waals surface area (Å²) in [5, 5.41) is 5.85. The van der Waals surface area contributed by atoms with Crippen LogP contribution in [0.5, 0.6) is 0 Å². The number of hydrogen-bond acceptors (Lipinski definition) is 3. The van der Waals surface area contributed by atoms with Crippen molar-refractivity contribution < 1.29 is 9.59 Å². The molecule has 0 heterocycles. The third-order valence-electron chi connectivity index (χ3n) is 2.82. The lowest BCUT2D eigenvalue weighted by atomic mass is 10.1. The maximum atomic E-state index is 12.0. The van der Waals surface area contributed by atoms with E-state index >= 15 is 0 Å². The molecule has 0 bridgehead atoms. The van der Waals surface area contributed by atoms with Crippen LogP contribution in [0.1, 0.15) is 35.2 Å². The van der Waals surface area contributed by atoms with E-state index in [-0.39, 0.29) is 11.8 Å². The Morgan fingerprint density at radius 1 is 1.26 bits per heavy atom. The van der Waals surface area contributed by atoms with Crippen molar-refractivity contribution in [3.05, 3.63) is 29.3 Å². The van der Waals surface area contributed by atoms with Crippen LogP contribution in [0.2, 0.25) is 0 Å². The van der Waals surface area contributed by atoms with E-state index in [2.05, 4.69) is 10.6 Å². The van der Waals surface area contributed by atoms with Crippen LogP contribution in [0.15, 0.2) is 18.2 Å². The van der Waals surface area contributed by atoms with Gasteiger partial charge in [-0.05, 0) is 37.5 Å². The number of nitrogens with one attached hydrogen (secondary N) is 2. The van der Waals surface area contributed by atoms with Crippen molar-refractivity contribution in [1.29, 1.82) is 0 Å². The second kappa shape index (κ2) is 7.41. The highest BCUT2D eigenvalue weighted by molar-refractivity contribution is 5.99. The zero-order valence-electron chi connectivity index (χ0n) is 11.5. The first-order chi connectivity index (χ1) is 9.04. The number of benzene rings is 1. The first-order valence-corrected chi connectivity index (χ1v) is 6.39. The summed E-state index contributed by atoms with van der Waals surface area (Å²) in [5.74, 6) is -0.411. The van der Waals surface area contributed by atoms with Gasteiger partial charge in [0.1, 0.15) is 0 Å². The number of hydrogen-bond donors (Lipinski definition) is 3. The molecule has 0 aliphatic carbocycles. The van der Waals surface area contributed by atoms with E-state index in [1.807, 2.05) is 19.1 Å². The van der Waals surface area contributed by atoms with Gasteiger partial charge in [-0.25, -0.2) is 0 Å². The van der Waals surface area contributed by atoms with Crippen molar-refractivity contribution in [3.8, 4) is 0 Å². The highest BCUT2D eigenvalue weighted by Gasteiger charge is 2.09. The summed E-state index contributed by atoms with van der Waals surface area (Å²) in [6, 6.07) is 5.64. The first kappa shape index (κ1) is 15.0. The normalized spacial score (nSPS) is 10.0. The molecule has 5 nitrogen and oxygen atoms in total. The Morgan fingerprint density at radius 3 is 2.63 bits per heavy atom. The molecule has 0 saturated carbocycles. The number of amides is 2. The highest BCUT2D eigenvalue weighted by atomic mass is 16.2. The number of carbonyl (C=O) groups excluding carboxylic acids is 2. The van der Waals surface area contributed by atoms with Crippen LogP contribution in [0, 0.1) is 6.92 Å². The lowest BCUT2D eigenvalue weighted by Crippen LogP contribution is -2.25. The predicted molar refractivity (Wildman–Crippen MR) is 76.1 cm³/mol. The minimum absolute atomic E-state index is 0.108. The van der Waals surface area contributed by atoms with Gasteiger partial charge in [0.05, 0.1) is 5.56 Å². The summed E-state index contributed by atoms with van der Waals surface area (Å²) in [6.45, 7) is 2.52. The van der Waals surface area contributed by atoms with Crippen LogP contribution < -0.4 is 16.4 Å². The molecule has 2 amide bonds. The van der Waals surface area contributed by atoms with Crippen molar-refractivity contribution in [3.63, 3.8) is 0 Å². The fourth-order valence-corrected chi connectivity index (χ4v) is 1.78. The van der Waals surface area contributed by atoms with Crippen LogP contribution in [0.4, 0.5) is 5.69 Å². The Morgan fingerprint density at radius 2 is 2.00 bits per heavy atom. The van der Waals surface area contributed by atoms with Gasteiger partial charge in [0.2, 0.25) is 5.91 Å². The van der Waals surface area contributed by atoms with Gasteiger partial charge in [0, 0.05) is 25.7 Å². The lowest BCUT2D eigenvalue weighted by Gasteiger charge is -2.10. The quantitative estimate of drug-likeness (QED) is 0.650. The van der Waals surface area contributed by atoms with Gasteiger partial charge in [-0.2, -0.15) is 0 Å². The molecule has 0 aliphatic rings. The molecule has 5 heteroatoms. The smallest absolute Gasteiger partial charge is 0.253 e. The third-order valence-corrected chi connectivity index (χ3v) is 2.82. The molecule has 0 aliphatic heterocycles. The third kappa shape index (κ3) is 4.99. The van der Waals surface area contributed by atoms with Crippen molar-refractivity contribution in [2.45, 2.75) is 26.2 Å². The number of primary amides is 1. The van der Waals surface area contributed by atoms with Crippen molar-refractivity contribution >= 4 is 17.5 Å². The Labute approximate surface area is 113 Å². The number of rotatable bonds is 7. The Balaban J connectivity index is 2.47. The lowest BCUT2D eigenvalue weighted by molar-refractivity contribution is -0.118. The second-order valence-corrected chi connectivity index (χ2v) is 4.48. The molecular weight excluding hydrogens is 242 g/mol. The summed E-state index contributed by atoms with van der Waals surface area (Å²) in [4.78, 5) is 22.5. The van der Waals surface area contributed by atoms with E-state index < -0.39 is 0 Å². The predicted octanol–water partition coefficient (Wildman–Crippen LogP) is 1.42. The Bertz CT molecular complexity index is 458. The molecule has 0 saturated heterocycles. The molecule has 0 atom stereocenters.